The summed E-state index contributed by atoms with van der Waals surface area (Å²) in [6.07, 6.45) is 7.91. The lowest BCUT2D eigenvalue weighted by molar-refractivity contribution is -0.00518. The van der Waals surface area contributed by atoms with Crippen LogP contribution >= 0.6 is 0 Å². The molecule has 0 spiro atoms. The van der Waals surface area contributed by atoms with Gasteiger partial charge in [-0.1, -0.05) is 72.8 Å². The van der Waals surface area contributed by atoms with Crippen LogP contribution < -0.4 is 0 Å². The van der Waals surface area contributed by atoms with Gasteiger partial charge in [0.25, 0.3) is 0 Å². The Labute approximate surface area is 257 Å². The van der Waals surface area contributed by atoms with E-state index in [9.17, 15) is 5.26 Å². The molecule has 0 unspecified atom stereocenters. The van der Waals surface area contributed by atoms with E-state index in [2.05, 4.69) is 103 Å². The lowest BCUT2D eigenvalue weighted by Crippen LogP contribution is -2.48. The molecule has 1 heterocycles. The molecule has 0 atom stereocenters. The molecule has 0 N–H and O–H groups in total. The number of nitrogens with zero attached hydrogens (tertiary/aromatic N) is 4. The fourth-order valence-electron chi connectivity index (χ4n) is 9.01. The van der Waals surface area contributed by atoms with Gasteiger partial charge in [0.1, 0.15) is 0 Å². The normalized spacial score (nSPS) is 23.7. The Bertz CT molecular complexity index is 2010. The second kappa shape index (κ2) is 9.82. The van der Waals surface area contributed by atoms with Crippen LogP contribution in [0.3, 0.4) is 0 Å². The first-order chi connectivity index (χ1) is 21.6. The van der Waals surface area contributed by atoms with Gasteiger partial charge in [-0.25, -0.2) is 15.0 Å². The van der Waals surface area contributed by atoms with E-state index in [4.69, 9.17) is 15.0 Å². The molecule has 0 saturated heterocycles. The van der Waals surface area contributed by atoms with Crippen molar-refractivity contribution in [2.45, 2.75) is 43.9 Å². The third-order valence-corrected chi connectivity index (χ3v) is 10.6. The third-order valence-electron chi connectivity index (χ3n) is 10.6. The van der Waals surface area contributed by atoms with Crippen molar-refractivity contribution in [3.63, 3.8) is 0 Å². The zero-order valence-corrected chi connectivity index (χ0v) is 24.6. The van der Waals surface area contributed by atoms with E-state index in [1.54, 1.807) is 0 Å². The molecule has 4 heteroatoms. The molecule has 4 bridgehead atoms. The van der Waals surface area contributed by atoms with Crippen LogP contribution in [0.5, 0.6) is 0 Å². The minimum Gasteiger partial charge on any atom is -0.208 e. The zero-order valence-electron chi connectivity index (χ0n) is 24.6. The van der Waals surface area contributed by atoms with E-state index in [1.165, 1.54) is 54.9 Å². The number of nitriles is 1. The predicted octanol–water partition coefficient (Wildman–Crippen LogP) is 9.52. The maximum absolute atomic E-state index is 10.2. The molecule has 44 heavy (non-hydrogen) atoms. The summed E-state index contributed by atoms with van der Waals surface area (Å²) in [5.74, 6) is 4.38. The fraction of sp³-hybridized carbons (Fsp3) is 0.250. The lowest BCUT2D eigenvalue weighted by atomic mass is 9.48. The van der Waals surface area contributed by atoms with E-state index in [1.807, 2.05) is 6.07 Å². The molecule has 10 rings (SSSR count). The van der Waals surface area contributed by atoms with Crippen LogP contribution in [-0.2, 0) is 5.41 Å². The van der Waals surface area contributed by atoms with Crippen molar-refractivity contribution in [1.29, 1.82) is 5.26 Å². The highest BCUT2D eigenvalue weighted by molar-refractivity contribution is 5.88. The Kier molecular flexibility index (Phi) is 5.72. The van der Waals surface area contributed by atoms with Gasteiger partial charge in [0, 0.05) is 16.7 Å². The predicted molar refractivity (Wildman–Crippen MR) is 176 cm³/mol. The number of hydrogen-bond donors (Lipinski definition) is 0. The Morgan fingerprint density at radius 1 is 0.523 bits per heavy atom. The first-order valence-corrected chi connectivity index (χ1v) is 15.9. The summed E-state index contributed by atoms with van der Waals surface area (Å²) in [6.45, 7) is 0. The first-order valence-electron chi connectivity index (χ1n) is 15.9. The summed E-state index contributed by atoms with van der Waals surface area (Å²) in [4.78, 5) is 15.2. The van der Waals surface area contributed by atoms with Crippen LogP contribution in [0.1, 0.15) is 49.7 Å². The zero-order chi connectivity index (χ0) is 29.3. The van der Waals surface area contributed by atoms with E-state index >= 15 is 0 Å². The molecule has 0 amide bonds. The van der Waals surface area contributed by atoms with Crippen molar-refractivity contribution < 1.29 is 0 Å². The quantitative estimate of drug-likeness (QED) is 0.212. The molecule has 0 radical (unpaired) electrons. The largest absolute Gasteiger partial charge is 0.208 e. The smallest absolute Gasteiger partial charge is 0.164 e. The van der Waals surface area contributed by atoms with Gasteiger partial charge in [-0.2, -0.15) is 5.26 Å². The Hall–Kier alpha value is -4.88. The van der Waals surface area contributed by atoms with Crippen LogP contribution in [0, 0.1) is 29.1 Å². The van der Waals surface area contributed by atoms with Gasteiger partial charge in [0.15, 0.2) is 17.5 Å². The van der Waals surface area contributed by atoms with Crippen LogP contribution in [0.15, 0.2) is 103 Å². The molecule has 4 aliphatic rings. The third kappa shape index (κ3) is 4.30. The van der Waals surface area contributed by atoms with Crippen molar-refractivity contribution >= 4 is 21.5 Å². The number of rotatable bonds is 4. The number of fused-ring (bicyclic) bond motifs is 2. The molecule has 0 aliphatic heterocycles. The highest BCUT2D eigenvalue weighted by Crippen LogP contribution is 2.61. The van der Waals surface area contributed by atoms with Crippen molar-refractivity contribution in [3.8, 4) is 40.2 Å². The van der Waals surface area contributed by atoms with Crippen LogP contribution in [-0.4, -0.2) is 15.0 Å². The highest BCUT2D eigenvalue weighted by atomic mass is 15.0. The van der Waals surface area contributed by atoms with Gasteiger partial charge in [0.2, 0.25) is 0 Å². The maximum atomic E-state index is 10.2. The van der Waals surface area contributed by atoms with E-state index in [0.29, 0.717) is 23.0 Å². The van der Waals surface area contributed by atoms with Gasteiger partial charge < -0.3 is 0 Å². The summed E-state index contributed by atoms with van der Waals surface area (Å²) in [5, 5.41) is 14.8. The molecule has 4 fully saturated rings. The average Bonchev–Trinajstić information content (AvgIpc) is 3.07. The van der Waals surface area contributed by atoms with Gasteiger partial charge in [-0.3, -0.25) is 0 Å². The second-order valence-corrected chi connectivity index (χ2v) is 13.5. The molecule has 6 aromatic rings. The molecule has 4 nitrogen and oxygen atoms in total. The van der Waals surface area contributed by atoms with Crippen LogP contribution in [0.2, 0.25) is 0 Å². The molecular weight excluding hydrogens is 536 g/mol. The Balaban J connectivity index is 1.23. The van der Waals surface area contributed by atoms with E-state index in [-0.39, 0.29) is 5.41 Å². The molecule has 4 aliphatic carbocycles. The van der Waals surface area contributed by atoms with Crippen molar-refractivity contribution in [1.82, 2.24) is 15.0 Å². The lowest BCUT2D eigenvalue weighted by Gasteiger charge is -2.57. The van der Waals surface area contributed by atoms with E-state index in [0.717, 1.165) is 45.2 Å². The molecular formula is C40H32N4. The highest BCUT2D eigenvalue weighted by Gasteiger charge is 2.51. The fourth-order valence-corrected chi connectivity index (χ4v) is 9.01. The molecule has 5 aromatic carbocycles. The Morgan fingerprint density at radius 2 is 1.00 bits per heavy atom. The molecule has 4 saturated carbocycles. The molecule has 1 aromatic heterocycles. The number of aromatic nitrogens is 3. The summed E-state index contributed by atoms with van der Waals surface area (Å²) in [5.41, 5.74) is 4.98. The van der Waals surface area contributed by atoms with Crippen LogP contribution in [0.4, 0.5) is 0 Å². The van der Waals surface area contributed by atoms with Crippen molar-refractivity contribution in [2.75, 3.05) is 0 Å². The van der Waals surface area contributed by atoms with Gasteiger partial charge in [-0.15, -0.1) is 0 Å². The first kappa shape index (κ1) is 25.6. The minimum absolute atomic E-state index is 0.172. The van der Waals surface area contributed by atoms with Crippen LogP contribution in [0.25, 0.3) is 55.7 Å². The van der Waals surface area contributed by atoms with Crippen molar-refractivity contribution in [3.05, 3.63) is 114 Å². The van der Waals surface area contributed by atoms with E-state index < -0.39 is 0 Å². The average molecular weight is 569 g/mol. The number of benzene rings is 5. The molecule has 212 valence electrons. The Morgan fingerprint density at radius 3 is 1.50 bits per heavy atom. The number of hydrogen-bond acceptors (Lipinski definition) is 4. The summed E-state index contributed by atoms with van der Waals surface area (Å²) in [7, 11) is 0. The SMILES string of the molecule is N#Cc1cc(-c2nc(-c3ccc4ccccc4c3)nc(-c3ccc4ccccc4c3)n2)cc(C23CC4CC(CC(C4)C2)C3)c1. The monoisotopic (exact) mass is 568 g/mol. The minimum atomic E-state index is 0.172. The van der Waals surface area contributed by atoms with Gasteiger partial charge >= 0.3 is 0 Å². The maximum Gasteiger partial charge on any atom is 0.164 e. The van der Waals surface area contributed by atoms with Gasteiger partial charge in [-0.05, 0) is 119 Å². The second-order valence-electron chi connectivity index (χ2n) is 13.5. The topological polar surface area (TPSA) is 62.5 Å². The van der Waals surface area contributed by atoms with Crippen molar-refractivity contribution in [2.24, 2.45) is 17.8 Å². The van der Waals surface area contributed by atoms with Gasteiger partial charge in [0.05, 0.1) is 11.6 Å². The summed E-state index contributed by atoms with van der Waals surface area (Å²) in [6, 6.07) is 38.4. The summed E-state index contributed by atoms with van der Waals surface area (Å²) < 4.78 is 0. The summed E-state index contributed by atoms with van der Waals surface area (Å²) >= 11 is 0. The standard InChI is InChI=1S/C40H32N4/c41-24-28-16-35(20-36(17-28)40-21-25-13-26(22-40)15-27(14-25)23-40)39-43-37(33-11-9-29-5-1-3-7-31(29)18-33)42-38(44-39)34-12-10-30-6-2-4-8-32(30)19-34/h1-12,16-20,25-27H,13-15,21-23H2.